The number of rotatable bonds is 15. The van der Waals surface area contributed by atoms with E-state index in [-0.39, 0.29) is 28.4 Å². The molecule has 0 aliphatic heterocycles. The summed E-state index contributed by atoms with van der Waals surface area (Å²) in [6.07, 6.45) is 7.17. The Kier molecular flexibility index (Phi) is 12.6. The van der Waals surface area contributed by atoms with Crippen LogP contribution in [0.3, 0.4) is 0 Å². The van der Waals surface area contributed by atoms with E-state index in [0.29, 0.717) is 24.7 Å². The zero-order valence-electron chi connectivity index (χ0n) is 24.2. The molecule has 0 bridgehead atoms. The van der Waals surface area contributed by atoms with Crippen LogP contribution in [0.4, 0.5) is 8.78 Å². The number of ether oxygens (including phenoxy) is 3. The van der Waals surface area contributed by atoms with E-state index in [1.165, 1.54) is 57.4 Å². The van der Waals surface area contributed by atoms with Gasteiger partial charge in [-0.25, -0.2) is 4.79 Å². The van der Waals surface area contributed by atoms with E-state index in [9.17, 15) is 15.0 Å². The first-order valence-corrected chi connectivity index (χ1v) is 14.9. The molecule has 2 saturated carbocycles. The Labute approximate surface area is 242 Å². The van der Waals surface area contributed by atoms with Gasteiger partial charge in [0.1, 0.15) is 17.2 Å². The lowest BCUT2D eigenvalue weighted by Crippen LogP contribution is -2.38. The van der Waals surface area contributed by atoms with Gasteiger partial charge in [0.25, 0.3) is 0 Å². The molecule has 3 N–H and O–H groups in total. The van der Waals surface area contributed by atoms with Crippen molar-refractivity contribution in [3.63, 3.8) is 0 Å². The monoisotopic (exact) mass is 580 g/mol. The lowest BCUT2D eigenvalue weighted by Gasteiger charge is -2.39. The van der Waals surface area contributed by atoms with E-state index in [4.69, 9.17) is 19.3 Å². The molecule has 0 aromatic heterocycles. The fourth-order valence-electron chi connectivity index (χ4n) is 6.06. The fraction of sp³-hybridized carbons (Fsp3) is 0.656. The van der Waals surface area contributed by atoms with Crippen LogP contribution in [0.15, 0.2) is 42.5 Å². The molecular formula is C32H46F2O7. The molecule has 0 spiro atoms. The quantitative estimate of drug-likeness (QED) is 0.0540. The second-order valence-corrected chi connectivity index (χ2v) is 11.6. The van der Waals surface area contributed by atoms with E-state index in [1.54, 1.807) is 0 Å². The van der Waals surface area contributed by atoms with Gasteiger partial charge in [-0.05, 0) is 56.3 Å². The van der Waals surface area contributed by atoms with Crippen LogP contribution in [0, 0.1) is 23.7 Å². The predicted octanol–water partition coefficient (Wildman–Crippen LogP) is 6.55. The minimum atomic E-state index is -3.48. The number of carbonyl (C=O) groups is 1. The summed E-state index contributed by atoms with van der Waals surface area (Å²) in [4.78, 5) is 12.1. The standard InChI is InChI=1S/C32H46F2O7/c1-4-5-6-7-23-8-10-24(11-9-23)25-12-14-26(15-13-25)32(33,34)41-29-17-27(39-30(37)21(2)19-35)16-28(18-29)40-31(38)22(3)20-36/h16-18,23-26,30,35-37H,2-15,19-20H2,1H3. The second kappa shape index (κ2) is 15.7. The maximum atomic E-state index is 15.4. The van der Waals surface area contributed by atoms with Crippen LogP contribution in [0.1, 0.15) is 84.0 Å². The smallest absolute Gasteiger partial charge is 0.400 e. The molecule has 1 aromatic rings. The summed E-state index contributed by atoms with van der Waals surface area (Å²) < 4.78 is 46.4. The number of aliphatic hydroxyl groups excluding tert-OH is 3. The van der Waals surface area contributed by atoms with Crippen molar-refractivity contribution in [2.45, 2.75) is 96.4 Å². The molecule has 1 unspecified atom stereocenters. The molecule has 230 valence electrons. The molecule has 3 rings (SSSR count). The first-order valence-electron chi connectivity index (χ1n) is 14.9. The zero-order valence-corrected chi connectivity index (χ0v) is 24.2. The maximum absolute atomic E-state index is 15.4. The lowest BCUT2D eigenvalue weighted by molar-refractivity contribution is -0.224. The minimum absolute atomic E-state index is 0.0596. The predicted molar refractivity (Wildman–Crippen MR) is 152 cm³/mol. The number of alkyl halides is 2. The highest BCUT2D eigenvalue weighted by Gasteiger charge is 2.45. The number of benzene rings is 1. The van der Waals surface area contributed by atoms with Crippen LogP contribution >= 0.6 is 0 Å². The number of aliphatic hydroxyl groups is 3. The van der Waals surface area contributed by atoms with Crippen molar-refractivity contribution in [2.75, 3.05) is 13.2 Å². The van der Waals surface area contributed by atoms with Gasteiger partial charge >= 0.3 is 12.1 Å². The molecule has 7 nitrogen and oxygen atoms in total. The summed E-state index contributed by atoms with van der Waals surface area (Å²) in [7, 11) is 0. The van der Waals surface area contributed by atoms with Crippen LogP contribution in [0.25, 0.3) is 0 Å². The van der Waals surface area contributed by atoms with Gasteiger partial charge in [-0.15, -0.1) is 0 Å². The molecule has 41 heavy (non-hydrogen) atoms. The number of esters is 1. The highest BCUT2D eigenvalue weighted by Crippen LogP contribution is 2.46. The van der Waals surface area contributed by atoms with Gasteiger partial charge in [0.15, 0.2) is 0 Å². The Balaban J connectivity index is 1.62. The van der Waals surface area contributed by atoms with Crippen molar-refractivity contribution in [1.82, 2.24) is 0 Å². The van der Waals surface area contributed by atoms with E-state index in [0.717, 1.165) is 30.9 Å². The third-order valence-corrected chi connectivity index (χ3v) is 8.62. The largest absolute Gasteiger partial charge is 0.461 e. The Hall–Kier alpha value is -2.49. The molecule has 0 amide bonds. The van der Waals surface area contributed by atoms with Crippen molar-refractivity contribution in [3.05, 3.63) is 42.5 Å². The third kappa shape index (κ3) is 9.79. The number of halogens is 2. The van der Waals surface area contributed by atoms with Gasteiger partial charge in [0.2, 0.25) is 6.29 Å². The van der Waals surface area contributed by atoms with Crippen LogP contribution < -0.4 is 14.2 Å². The Morgan fingerprint density at radius 3 is 2.10 bits per heavy atom. The molecule has 9 heteroatoms. The average molecular weight is 581 g/mol. The summed E-state index contributed by atoms with van der Waals surface area (Å²) >= 11 is 0. The SMILES string of the molecule is C=C(CO)C(=O)Oc1cc(OC(O)C(=C)CO)cc(OC(F)(F)C2CCC(C3CCC(CCCCC)CC3)CC2)c1. The number of hydrogen-bond donors (Lipinski definition) is 3. The summed E-state index contributed by atoms with van der Waals surface area (Å²) in [6.45, 7) is 7.89. The van der Waals surface area contributed by atoms with Gasteiger partial charge in [-0.3, -0.25) is 0 Å². The molecule has 0 heterocycles. The Morgan fingerprint density at radius 1 is 0.927 bits per heavy atom. The molecular weight excluding hydrogens is 534 g/mol. The number of carbonyl (C=O) groups excluding carboxylic acids is 1. The molecule has 2 fully saturated rings. The summed E-state index contributed by atoms with van der Waals surface area (Å²) in [5.74, 6) is -0.689. The minimum Gasteiger partial charge on any atom is -0.461 e. The van der Waals surface area contributed by atoms with Crippen LogP contribution in [-0.4, -0.2) is 46.9 Å². The molecule has 0 radical (unpaired) electrons. The van der Waals surface area contributed by atoms with Gasteiger partial charge in [0.05, 0.1) is 24.7 Å². The molecule has 2 aliphatic carbocycles. The van der Waals surface area contributed by atoms with E-state index in [1.807, 2.05) is 0 Å². The first-order chi connectivity index (χ1) is 19.6. The van der Waals surface area contributed by atoms with Gasteiger partial charge in [-0.1, -0.05) is 58.6 Å². The molecule has 1 atom stereocenters. The summed E-state index contributed by atoms with van der Waals surface area (Å²) in [5.41, 5.74) is -0.296. The highest BCUT2D eigenvalue weighted by atomic mass is 19.3. The molecule has 1 aromatic carbocycles. The Bertz CT molecular complexity index is 1010. The van der Waals surface area contributed by atoms with E-state index >= 15 is 8.78 Å². The van der Waals surface area contributed by atoms with E-state index in [2.05, 4.69) is 20.1 Å². The van der Waals surface area contributed by atoms with Crippen molar-refractivity contribution in [1.29, 1.82) is 0 Å². The van der Waals surface area contributed by atoms with Crippen LogP contribution in [0.5, 0.6) is 17.2 Å². The van der Waals surface area contributed by atoms with Crippen molar-refractivity contribution >= 4 is 5.97 Å². The van der Waals surface area contributed by atoms with Gasteiger partial charge in [0, 0.05) is 23.8 Å². The normalized spacial score (nSPS) is 23.9. The van der Waals surface area contributed by atoms with Crippen molar-refractivity contribution in [2.24, 2.45) is 23.7 Å². The highest BCUT2D eigenvalue weighted by molar-refractivity contribution is 5.89. The fourth-order valence-corrected chi connectivity index (χ4v) is 6.06. The zero-order chi connectivity index (χ0) is 30.0. The van der Waals surface area contributed by atoms with Gasteiger partial charge in [-0.2, -0.15) is 8.78 Å². The average Bonchev–Trinajstić information content (AvgIpc) is 2.96. The molecule has 2 aliphatic rings. The topological polar surface area (TPSA) is 105 Å². The van der Waals surface area contributed by atoms with Crippen LogP contribution in [0.2, 0.25) is 0 Å². The summed E-state index contributed by atoms with van der Waals surface area (Å²) in [6, 6.07) is 3.44. The molecule has 0 saturated heterocycles. The summed E-state index contributed by atoms with van der Waals surface area (Å²) in [5, 5.41) is 28.4. The second-order valence-electron chi connectivity index (χ2n) is 11.6. The van der Waals surface area contributed by atoms with Crippen LogP contribution in [-0.2, 0) is 4.79 Å². The third-order valence-electron chi connectivity index (χ3n) is 8.62. The van der Waals surface area contributed by atoms with Crippen molar-refractivity contribution in [3.8, 4) is 17.2 Å². The first kappa shape index (κ1) is 33.0. The number of unbranched alkanes of at least 4 members (excludes halogenated alkanes) is 2. The Morgan fingerprint density at radius 2 is 1.51 bits per heavy atom. The maximum Gasteiger partial charge on any atom is 0.400 e. The van der Waals surface area contributed by atoms with Crippen molar-refractivity contribution < 1.29 is 43.1 Å². The lowest BCUT2D eigenvalue weighted by atomic mass is 9.68. The van der Waals surface area contributed by atoms with E-state index < -0.39 is 37.5 Å². The number of hydrogen-bond acceptors (Lipinski definition) is 7. The van der Waals surface area contributed by atoms with Gasteiger partial charge < -0.3 is 29.5 Å².